The highest BCUT2D eigenvalue weighted by Crippen LogP contribution is 2.32. The summed E-state index contributed by atoms with van der Waals surface area (Å²) < 4.78 is 5.23. The van der Waals surface area contributed by atoms with E-state index in [1.807, 2.05) is 18.2 Å². The average molecular weight is 327 g/mol. The molecule has 24 heavy (non-hydrogen) atoms. The molecule has 0 unspecified atom stereocenters. The molecule has 7 nitrogen and oxygen atoms in total. The van der Waals surface area contributed by atoms with Gasteiger partial charge in [-0.2, -0.15) is 0 Å². The van der Waals surface area contributed by atoms with Crippen LogP contribution in [0.5, 0.6) is 5.75 Å². The van der Waals surface area contributed by atoms with Crippen molar-refractivity contribution in [2.24, 2.45) is 0 Å². The summed E-state index contributed by atoms with van der Waals surface area (Å²) >= 11 is 0. The predicted octanol–water partition coefficient (Wildman–Crippen LogP) is 1.07. The number of nitrogens with zero attached hydrogens (tertiary/aromatic N) is 3. The van der Waals surface area contributed by atoms with Crippen LogP contribution in [0, 0.1) is 0 Å². The zero-order valence-electron chi connectivity index (χ0n) is 13.4. The molecule has 0 aliphatic carbocycles. The maximum Gasteiger partial charge on any atom is 0.172 e. The first kappa shape index (κ1) is 15.2. The summed E-state index contributed by atoms with van der Waals surface area (Å²) in [4.78, 5) is 2.30. The average Bonchev–Trinajstić information content (AvgIpc) is 2.59. The Morgan fingerprint density at radius 1 is 1.17 bits per heavy atom. The number of hydrogen-bond donors (Lipinski definition) is 3. The molecule has 2 aliphatic heterocycles. The smallest absolute Gasteiger partial charge is 0.172 e. The van der Waals surface area contributed by atoms with Gasteiger partial charge in [0.15, 0.2) is 5.82 Å². The molecule has 3 heterocycles. The quantitative estimate of drug-likeness (QED) is 0.775. The van der Waals surface area contributed by atoms with Gasteiger partial charge >= 0.3 is 0 Å². The van der Waals surface area contributed by atoms with E-state index in [1.54, 1.807) is 12.1 Å². The van der Waals surface area contributed by atoms with E-state index in [4.69, 9.17) is 4.74 Å². The number of aromatic nitrogens is 2. The van der Waals surface area contributed by atoms with E-state index in [1.165, 1.54) is 0 Å². The molecule has 2 fully saturated rings. The van der Waals surface area contributed by atoms with Crippen LogP contribution in [0.1, 0.15) is 0 Å². The van der Waals surface area contributed by atoms with Gasteiger partial charge in [-0.1, -0.05) is 12.1 Å². The van der Waals surface area contributed by atoms with Gasteiger partial charge in [-0.3, -0.25) is 0 Å². The van der Waals surface area contributed by atoms with Crippen molar-refractivity contribution in [3.8, 4) is 17.0 Å². The number of piperazine rings is 1. The first-order chi connectivity index (χ1) is 11.8. The topological polar surface area (TPSA) is 82.5 Å². The Labute approximate surface area is 140 Å². The minimum absolute atomic E-state index is 0.214. The second-order valence-electron chi connectivity index (χ2n) is 6.10. The Kier molecular flexibility index (Phi) is 4.18. The van der Waals surface area contributed by atoms with E-state index in [0.29, 0.717) is 24.5 Å². The number of ether oxygens (including phenoxy) is 1. The maximum absolute atomic E-state index is 10.1. The van der Waals surface area contributed by atoms with Gasteiger partial charge in [-0.05, 0) is 18.2 Å². The second kappa shape index (κ2) is 6.62. The number of para-hydroxylation sites is 1. The molecule has 1 aromatic heterocycles. The van der Waals surface area contributed by atoms with E-state index >= 15 is 0 Å². The van der Waals surface area contributed by atoms with Gasteiger partial charge in [-0.25, -0.2) is 0 Å². The Morgan fingerprint density at radius 2 is 1.96 bits per heavy atom. The van der Waals surface area contributed by atoms with Crippen molar-refractivity contribution in [2.45, 2.75) is 6.04 Å². The second-order valence-corrected chi connectivity index (χ2v) is 6.10. The SMILES string of the molecule is Oc1ccccc1-c1cc(N2CCNCC2)c(NC2COC2)nn1. The van der Waals surface area contributed by atoms with Crippen LogP contribution in [0.15, 0.2) is 30.3 Å². The third-order valence-corrected chi connectivity index (χ3v) is 4.39. The number of benzene rings is 1. The molecule has 0 atom stereocenters. The van der Waals surface area contributed by atoms with Crippen molar-refractivity contribution in [3.05, 3.63) is 30.3 Å². The first-order valence-electron chi connectivity index (χ1n) is 8.27. The van der Waals surface area contributed by atoms with Crippen LogP contribution in [0.3, 0.4) is 0 Å². The molecular weight excluding hydrogens is 306 g/mol. The monoisotopic (exact) mass is 327 g/mol. The third kappa shape index (κ3) is 3.00. The lowest BCUT2D eigenvalue weighted by Gasteiger charge is -2.33. The van der Waals surface area contributed by atoms with Gasteiger partial charge in [0.25, 0.3) is 0 Å². The molecule has 0 amide bonds. The fourth-order valence-corrected chi connectivity index (χ4v) is 2.97. The van der Waals surface area contributed by atoms with E-state index in [0.717, 1.165) is 37.7 Å². The van der Waals surface area contributed by atoms with Gasteiger partial charge < -0.3 is 25.4 Å². The molecule has 126 valence electrons. The summed E-state index contributed by atoms with van der Waals surface area (Å²) in [5.74, 6) is 0.996. The summed E-state index contributed by atoms with van der Waals surface area (Å²) in [5.41, 5.74) is 2.40. The van der Waals surface area contributed by atoms with Crippen LogP contribution in [0.2, 0.25) is 0 Å². The predicted molar refractivity (Wildman–Crippen MR) is 92.4 cm³/mol. The largest absolute Gasteiger partial charge is 0.507 e. The molecule has 0 radical (unpaired) electrons. The third-order valence-electron chi connectivity index (χ3n) is 4.39. The van der Waals surface area contributed by atoms with Crippen LogP contribution in [0.25, 0.3) is 11.3 Å². The molecule has 7 heteroatoms. The van der Waals surface area contributed by atoms with Crippen molar-refractivity contribution < 1.29 is 9.84 Å². The van der Waals surface area contributed by atoms with Gasteiger partial charge in [-0.15, -0.1) is 10.2 Å². The molecular formula is C17H21N5O2. The number of rotatable bonds is 4. The fraction of sp³-hybridized carbons (Fsp3) is 0.412. The summed E-state index contributed by atoms with van der Waals surface area (Å²) in [6.07, 6.45) is 0. The lowest BCUT2D eigenvalue weighted by Crippen LogP contribution is -2.45. The van der Waals surface area contributed by atoms with Crippen molar-refractivity contribution in [1.29, 1.82) is 0 Å². The van der Waals surface area contributed by atoms with E-state index in [-0.39, 0.29) is 11.8 Å². The molecule has 2 saturated heterocycles. The molecule has 0 saturated carbocycles. The molecule has 0 bridgehead atoms. The number of phenols is 1. The Hall–Kier alpha value is -2.38. The zero-order valence-corrected chi connectivity index (χ0v) is 13.4. The summed E-state index contributed by atoms with van der Waals surface area (Å²) in [6.45, 7) is 5.12. The Bertz CT molecular complexity index is 714. The number of aromatic hydroxyl groups is 1. The van der Waals surface area contributed by atoms with Gasteiger partial charge in [0.05, 0.1) is 30.6 Å². The molecule has 2 aliphatic rings. The summed E-state index contributed by atoms with van der Waals surface area (Å²) in [5, 5.41) is 25.6. The van der Waals surface area contributed by atoms with E-state index < -0.39 is 0 Å². The molecule has 2 aromatic rings. The lowest BCUT2D eigenvalue weighted by molar-refractivity contribution is 0.0209. The number of anilines is 2. The van der Waals surface area contributed by atoms with Crippen LogP contribution in [0.4, 0.5) is 11.5 Å². The summed E-state index contributed by atoms with van der Waals surface area (Å²) in [7, 11) is 0. The van der Waals surface area contributed by atoms with Gasteiger partial charge in [0, 0.05) is 31.7 Å². The number of hydrogen-bond acceptors (Lipinski definition) is 7. The van der Waals surface area contributed by atoms with Crippen LogP contribution < -0.4 is 15.5 Å². The minimum atomic E-state index is 0.214. The first-order valence-corrected chi connectivity index (χ1v) is 8.27. The van der Waals surface area contributed by atoms with Crippen LogP contribution >= 0.6 is 0 Å². The Morgan fingerprint density at radius 3 is 2.67 bits per heavy atom. The fourth-order valence-electron chi connectivity index (χ4n) is 2.97. The molecule has 3 N–H and O–H groups in total. The van der Waals surface area contributed by atoms with Crippen LogP contribution in [-0.2, 0) is 4.74 Å². The van der Waals surface area contributed by atoms with Crippen molar-refractivity contribution in [1.82, 2.24) is 15.5 Å². The molecule has 4 rings (SSSR count). The van der Waals surface area contributed by atoms with Gasteiger partial charge in [0.1, 0.15) is 5.75 Å². The summed E-state index contributed by atoms with van der Waals surface area (Å²) in [6, 6.07) is 9.51. The Balaban J connectivity index is 1.70. The van der Waals surface area contributed by atoms with Crippen molar-refractivity contribution >= 4 is 11.5 Å². The normalized spacial score (nSPS) is 18.2. The van der Waals surface area contributed by atoms with E-state index in [2.05, 4.69) is 25.7 Å². The van der Waals surface area contributed by atoms with Crippen molar-refractivity contribution in [2.75, 3.05) is 49.6 Å². The molecule has 0 spiro atoms. The van der Waals surface area contributed by atoms with Crippen LogP contribution in [-0.4, -0.2) is 60.7 Å². The highest BCUT2D eigenvalue weighted by atomic mass is 16.5. The maximum atomic E-state index is 10.1. The standard InChI is InChI=1S/C17H21N5O2/c23-16-4-2-1-3-13(16)14-9-15(22-7-5-18-6-8-22)17(21-20-14)19-12-10-24-11-12/h1-4,9,12,18,23H,5-8,10-11H2,(H,19,21). The highest BCUT2D eigenvalue weighted by molar-refractivity contribution is 5.75. The highest BCUT2D eigenvalue weighted by Gasteiger charge is 2.23. The van der Waals surface area contributed by atoms with E-state index in [9.17, 15) is 5.11 Å². The lowest BCUT2D eigenvalue weighted by atomic mass is 10.1. The molecule has 1 aromatic carbocycles. The van der Waals surface area contributed by atoms with Gasteiger partial charge in [0.2, 0.25) is 0 Å². The number of phenolic OH excluding ortho intramolecular Hbond substituents is 1. The number of nitrogens with one attached hydrogen (secondary N) is 2. The minimum Gasteiger partial charge on any atom is -0.507 e. The van der Waals surface area contributed by atoms with Crippen molar-refractivity contribution in [3.63, 3.8) is 0 Å². The zero-order chi connectivity index (χ0) is 16.4.